The number of rotatable bonds is 4. The van der Waals surface area contributed by atoms with Crippen LogP contribution in [-0.2, 0) is 0 Å². The molecule has 1 N–H and O–H groups in total. The van der Waals surface area contributed by atoms with Gasteiger partial charge in [0, 0.05) is 22.3 Å². The van der Waals surface area contributed by atoms with Gasteiger partial charge in [0.05, 0.1) is 12.0 Å². The van der Waals surface area contributed by atoms with Crippen LogP contribution >= 0.6 is 15.9 Å². The van der Waals surface area contributed by atoms with Crippen LogP contribution in [0.5, 0.6) is 5.75 Å². The molecule has 0 aliphatic heterocycles. The minimum Gasteiger partial charge on any atom is -0.497 e. The average Bonchev–Trinajstić information content (AvgIpc) is 2.41. The minimum absolute atomic E-state index is 0.00344. The molecule has 0 aromatic heterocycles. The fourth-order valence-corrected chi connectivity index (χ4v) is 1.85. The first-order valence-corrected chi connectivity index (χ1v) is 6.24. The number of nitrogens with one attached hydrogen (secondary N) is 1. The summed E-state index contributed by atoms with van der Waals surface area (Å²) in [6.45, 7) is 0. The van der Waals surface area contributed by atoms with Gasteiger partial charge in [0.1, 0.15) is 11.4 Å². The summed E-state index contributed by atoms with van der Waals surface area (Å²) >= 11 is 3.34. The van der Waals surface area contributed by atoms with Gasteiger partial charge in [-0.25, -0.2) is 0 Å². The zero-order valence-electron chi connectivity index (χ0n) is 10.1. The van der Waals surface area contributed by atoms with Gasteiger partial charge in [0.2, 0.25) is 0 Å². The van der Waals surface area contributed by atoms with Crippen molar-refractivity contribution in [2.45, 2.75) is 0 Å². The number of ether oxygens (including phenoxy) is 1. The highest BCUT2D eigenvalue weighted by Crippen LogP contribution is 2.31. The lowest BCUT2D eigenvalue weighted by atomic mass is 10.2. The monoisotopic (exact) mass is 322 g/mol. The van der Waals surface area contributed by atoms with Crippen molar-refractivity contribution >= 4 is 33.0 Å². The van der Waals surface area contributed by atoms with Gasteiger partial charge in [-0.05, 0) is 30.3 Å². The largest absolute Gasteiger partial charge is 0.497 e. The Hall–Kier alpha value is -2.08. The molecule has 0 saturated heterocycles. The lowest BCUT2D eigenvalue weighted by Gasteiger charge is -2.09. The molecule has 0 fully saturated rings. The Labute approximate surface area is 118 Å². The molecule has 0 aliphatic rings. The van der Waals surface area contributed by atoms with E-state index in [2.05, 4.69) is 21.2 Å². The molecule has 0 saturated carbocycles. The standard InChI is InChI=1S/C13H11BrN2O3/c1-19-11-6-7-13(16(17)18)12(8-11)15-10-4-2-9(14)3-5-10/h2-8,15H,1H3. The third-order valence-corrected chi connectivity index (χ3v) is 3.05. The number of hydrogen-bond donors (Lipinski definition) is 1. The maximum atomic E-state index is 11.0. The molecule has 0 atom stereocenters. The summed E-state index contributed by atoms with van der Waals surface area (Å²) < 4.78 is 6.02. The highest BCUT2D eigenvalue weighted by molar-refractivity contribution is 9.10. The third-order valence-electron chi connectivity index (χ3n) is 2.52. The van der Waals surface area contributed by atoms with E-state index in [9.17, 15) is 10.1 Å². The molecule has 0 radical (unpaired) electrons. The Morgan fingerprint density at radius 2 is 1.89 bits per heavy atom. The van der Waals surface area contributed by atoms with Crippen molar-refractivity contribution in [3.8, 4) is 5.75 Å². The molecule has 98 valence electrons. The van der Waals surface area contributed by atoms with E-state index in [4.69, 9.17) is 4.74 Å². The smallest absolute Gasteiger partial charge is 0.292 e. The number of nitrogens with zero attached hydrogens (tertiary/aromatic N) is 1. The highest BCUT2D eigenvalue weighted by Gasteiger charge is 2.14. The van der Waals surface area contributed by atoms with E-state index in [1.165, 1.54) is 13.2 Å². The van der Waals surface area contributed by atoms with Crippen LogP contribution in [-0.4, -0.2) is 12.0 Å². The van der Waals surface area contributed by atoms with E-state index in [1.807, 2.05) is 24.3 Å². The number of anilines is 2. The summed E-state index contributed by atoms with van der Waals surface area (Å²) in [7, 11) is 1.52. The molecule has 0 amide bonds. The SMILES string of the molecule is COc1ccc([N+](=O)[O-])c(Nc2ccc(Br)cc2)c1. The van der Waals surface area contributed by atoms with Gasteiger partial charge in [-0.15, -0.1) is 0 Å². The van der Waals surface area contributed by atoms with Crippen molar-refractivity contribution < 1.29 is 9.66 Å². The summed E-state index contributed by atoms with van der Waals surface area (Å²) in [6, 6.07) is 11.9. The Balaban J connectivity index is 2.36. The molecule has 6 heteroatoms. The molecular formula is C13H11BrN2O3. The molecule has 0 spiro atoms. The Bertz CT molecular complexity index is 599. The maximum Gasteiger partial charge on any atom is 0.292 e. The zero-order chi connectivity index (χ0) is 13.8. The van der Waals surface area contributed by atoms with E-state index in [0.717, 1.165) is 10.2 Å². The normalized spacial score (nSPS) is 10.0. The predicted molar refractivity (Wildman–Crippen MR) is 77.1 cm³/mol. The van der Waals surface area contributed by atoms with Crippen LogP contribution in [0.1, 0.15) is 0 Å². The molecular weight excluding hydrogens is 312 g/mol. The number of benzene rings is 2. The fraction of sp³-hybridized carbons (Fsp3) is 0.0769. The van der Waals surface area contributed by atoms with Crippen LogP contribution in [0.15, 0.2) is 46.9 Å². The van der Waals surface area contributed by atoms with E-state index in [1.54, 1.807) is 12.1 Å². The Morgan fingerprint density at radius 3 is 2.47 bits per heavy atom. The molecule has 19 heavy (non-hydrogen) atoms. The minimum atomic E-state index is -0.430. The predicted octanol–water partition coefficient (Wildman–Crippen LogP) is 4.11. The van der Waals surface area contributed by atoms with Crippen molar-refractivity contribution in [2.24, 2.45) is 0 Å². The summed E-state index contributed by atoms with van der Waals surface area (Å²) in [4.78, 5) is 10.6. The second kappa shape index (κ2) is 5.71. The second-order valence-electron chi connectivity index (χ2n) is 3.77. The average molecular weight is 323 g/mol. The van der Waals surface area contributed by atoms with E-state index >= 15 is 0 Å². The van der Waals surface area contributed by atoms with Crippen LogP contribution in [0.25, 0.3) is 0 Å². The van der Waals surface area contributed by atoms with Crippen molar-refractivity contribution in [3.63, 3.8) is 0 Å². The molecule has 0 unspecified atom stereocenters. The molecule has 2 aromatic rings. The van der Waals surface area contributed by atoms with Gasteiger partial charge < -0.3 is 10.1 Å². The maximum absolute atomic E-state index is 11.0. The fourth-order valence-electron chi connectivity index (χ4n) is 1.59. The molecule has 0 heterocycles. The van der Waals surface area contributed by atoms with E-state index in [0.29, 0.717) is 11.4 Å². The first-order chi connectivity index (χ1) is 9.10. The topological polar surface area (TPSA) is 64.4 Å². The van der Waals surface area contributed by atoms with Crippen molar-refractivity contribution in [2.75, 3.05) is 12.4 Å². The van der Waals surface area contributed by atoms with Gasteiger partial charge >= 0.3 is 0 Å². The van der Waals surface area contributed by atoms with Crippen LogP contribution in [0, 0.1) is 10.1 Å². The number of nitro benzene ring substituents is 1. The first kappa shape index (κ1) is 13.4. The van der Waals surface area contributed by atoms with Gasteiger partial charge in [0.15, 0.2) is 0 Å². The van der Waals surface area contributed by atoms with E-state index in [-0.39, 0.29) is 5.69 Å². The molecule has 2 aromatic carbocycles. The van der Waals surface area contributed by atoms with Crippen molar-refractivity contribution in [3.05, 3.63) is 57.1 Å². The van der Waals surface area contributed by atoms with Crippen molar-refractivity contribution in [1.82, 2.24) is 0 Å². The third kappa shape index (κ3) is 3.23. The van der Waals surface area contributed by atoms with Crippen LogP contribution < -0.4 is 10.1 Å². The van der Waals surface area contributed by atoms with Crippen LogP contribution in [0.3, 0.4) is 0 Å². The summed E-state index contributed by atoms with van der Waals surface area (Å²) in [6.07, 6.45) is 0. The summed E-state index contributed by atoms with van der Waals surface area (Å²) in [5.41, 5.74) is 1.16. The summed E-state index contributed by atoms with van der Waals surface area (Å²) in [5, 5.41) is 14.0. The second-order valence-corrected chi connectivity index (χ2v) is 4.69. The number of methoxy groups -OCH3 is 1. The highest BCUT2D eigenvalue weighted by atomic mass is 79.9. The van der Waals surface area contributed by atoms with Gasteiger partial charge in [0.25, 0.3) is 5.69 Å². The van der Waals surface area contributed by atoms with Crippen LogP contribution in [0.2, 0.25) is 0 Å². The number of nitro groups is 1. The molecule has 5 nitrogen and oxygen atoms in total. The van der Waals surface area contributed by atoms with Gasteiger partial charge in [-0.3, -0.25) is 10.1 Å². The molecule has 0 bridgehead atoms. The van der Waals surface area contributed by atoms with Gasteiger partial charge in [-0.2, -0.15) is 0 Å². The Kier molecular flexibility index (Phi) is 4.01. The summed E-state index contributed by atoms with van der Waals surface area (Å²) in [5.74, 6) is 0.560. The lowest BCUT2D eigenvalue weighted by molar-refractivity contribution is -0.383. The first-order valence-electron chi connectivity index (χ1n) is 5.45. The van der Waals surface area contributed by atoms with E-state index < -0.39 is 4.92 Å². The lowest BCUT2D eigenvalue weighted by Crippen LogP contribution is -1.97. The molecule has 0 aliphatic carbocycles. The van der Waals surface area contributed by atoms with Crippen molar-refractivity contribution in [1.29, 1.82) is 0 Å². The zero-order valence-corrected chi connectivity index (χ0v) is 11.7. The number of halogens is 1. The van der Waals surface area contributed by atoms with Crippen LogP contribution in [0.4, 0.5) is 17.1 Å². The number of hydrogen-bond acceptors (Lipinski definition) is 4. The van der Waals surface area contributed by atoms with Gasteiger partial charge in [-0.1, -0.05) is 15.9 Å². The quantitative estimate of drug-likeness (QED) is 0.679. The molecule has 2 rings (SSSR count). The Morgan fingerprint density at radius 1 is 1.21 bits per heavy atom.